The van der Waals surface area contributed by atoms with Crippen LogP contribution in [0.15, 0.2) is 42.7 Å². The smallest absolute Gasteiger partial charge is 0.257 e. The highest BCUT2D eigenvalue weighted by molar-refractivity contribution is 5.98. The lowest BCUT2D eigenvalue weighted by atomic mass is 10.0. The minimum absolute atomic E-state index is 0.0517. The molecule has 0 radical (unpaired) electrons. The first kappa shape index (κ1) is 27.2. The van der Waals surface area contributed by atoms with E-state index in [1.54, 1.807) is 24.4 Å². The zero-order valence-corrected chi connectivity index (χ0v) is 21.8. The van der Waals surface area contributed by atoms with Crippen molar-refractivity contribution < 1.29 is 23.6 Å². The van der Waals surface area contributed by atoms with Gasteiger partial charge < -0.3 is 20.4 Å². The number of aryl methyl sites for hydroxylation is 1. The van der Waals surface area contributed by atoms with Gasteiger partial charge >= 0.3 is 0 Å². The molecule has 9 nitrogen and oxygen atoms in total. The van der Waals surface area contributed by atoms with E-state index in [9.17, 15) is 23.6 Å². The summed E-state index contributed by atoms with van der Waals surface area (Å²) in [6.45, 7) is 4.46. The van der Waals surface area contributed by atoms with E-state index < -0.39 is 23.8 Å². The molecule has 10 heteroatoms. The van der Waals surface area contributed by atoms with Crippen LogP contribution >= 0.6 is 0 Å². The van der Waals surface area contributed by atoms with Crippen molar-refractivity contribution in [3.8, 4) is 0 Å². The van der Waals surface area contributed by atoms with Crippen LogP contribution < -0.4 is 10.6 Å². The van der Waals surface area contributed by atoms with E-state index in [2.05, 4.69) is 15.6 Å². The molecule has 0 spiro atoms. The SMILES string of the molecule is CC(C)[C@@H]1CN(C(=O)c2cccnc2)CC(=O)NCCCc2ccc(F)c(c2)C(=O)N2CCC[C@H]2C(=O)N1. The topological polar surface area (TPSA) is 112 Å². The van der Waals surface area contributed by atoms with E-state index in [1.807, 2.05) is 13.8 Å². The lowest BCUT2D eigenvalue weighted by Crippen LogP contribution is -2.54. The third kappa shape index (κ3) is 6.35. The summed E-state index contributed by atoms with van der Waals surface area (Å²) >= 11 is 0. The number of nitrogens with one attached hydrogen (secondary N) is 2. The molecule has 1 aromatic heterocycles. The molecule has 2 atom stereocenters. The fourth-order valence-electron chi connectivity index (χ4n) is 4.91. The molecule has 2 aliphatic rings. The lowest BCUT2D eigenvalue weighted by molar-refractivity contribution is -0.126. The van der Waals surface area contributed by atoms with Crippen LogP contribution in [-0.2, 0) is 16.0 Å². The van der Waals surface area contributed by atoms with Crippen LogP contribution in [0.4, 0.5) is 4.39 Å². The number of hydrogen-bond acceptors (Lipinski definition) is 5. The lowest BCUT2D eigenvalue weighted by Gasteiger charge is -2.32. The molecule has 2 aromatic rings. The first-order valence-electron chi connectivity index (χ1n) is 13.1. The second kappa shape index (κ2) is 12.1. The fraction of sp³-hybridized carbons (Fsp3) is 0.464. The minimum atomic E-state index is -0.742. The molecule has 2 N–H and O–H groups in total. The monoisotopic (exact) mass is 523 g/mol. The van der Waals surface area contributed by atoms with Crippen molar-refractivity contribution in [2.45, 2.75) is 51.6 Å². The fourth-order valence-corrected chi connectivity index (χ4v) is 4.91. The van der Waals surface area contributed by atoms with Gasteiger partial charge in [0.15, 0.2) is 0 Å². The predicted molar refractivity (Wildman–Crippen MR) is 139 cm³/mol. The molecule has 3 heterocycles. The summed E-state index contributed by atoms with van der Waals surface area (Å²) in [5.41, 5.74) is 1.06. The third-order valence-corrected chi connectivity index (χ3v) is 7.12. The summed E-state index contributed by atoms with van der Waals surface area (Å²) in [6, 6.07) is 6.49. The second-order valence-electron chi connectivity index (χ2n) is 10.2. The quantitative estimate of drug-likeness (QED) is 0.627. The van der Waals surface area contributed by atoms with Gasteiger partial charge in [-0.1, -0.05) is 19.9 Å². The molecule has 202 valence electrons. The summed E-state index contributed by atoms with van der Waals surface area (Å²) in [7, 11) is 0. The van der Waals surface area contributed by atoms with Gasteiger partial charge in [-0.3, -0.25) is 24.2 Å². The standard InChI is InChI=1S/C28H34FN5O4/c1-18(2)23-16-33(27(37)20-7-4-11-30-15-20)17-25(35)31-12-3-6-19-9-10-22(29)21(14-19)28(38)34-13-5-8-24(34)26(36)32-23/h4,7,9-11,14-15,18,23-24H,3,5-6,8,12-13,16-17H2,1-2H3,(H,31,35)(H,32,36)/t23-,24-/m0/s1. The van der Waals surface area contributed by atoms with Crippen molar-refractivity contribution >= 4 is 23.6 Å². The summed E-state index contributed by atoms with van der Waals surface area (Å²) in [6.07, 6.45) is 5.20. The molecule has 2 aliphatic heterocycles. The van der Waals surface area contributed by atoms with E-state index in [1.165, 1.54) is 28.1 Å². The number of aromatic nitrogens is 1. The maximum Gasteiger partial charge on any atom is 0.257 e. The van der Waals surface area contributed by atoms with Gasteiger partial charge in [0.05, 0.1) is 17.7 Å². The maximum absolute atomic E-state index is 14.7. The Balaban J connectivity index is 1.65. The van der Waals surface area contributed by atoms with Gasteiger partial charge in [0.1, 0.15) is 11.9 Å². The van der Waals surface area contributed by atoms with E-state index in [4.69, 9.17) is 0 Å². The molecule has 0 saturated carbocycles. The maximum atomic E-state index is 14.7. The number of amides is 4. The molecule has 0 aliphatic carbocycles. The molecule has 2 bridgehead atoms. The first-order chi connectivity index (χ1) is 18.2. The summed E-state index contributed by atoms with van der Waals surface area (Å²) in [5, 5.41) is 5.85. The molecule has 1 fully saturated rings. The molecule has 1 saturated heterocycles. The van der Waals surface area contributed by atoms with Crippen LogP contribution in [0.5, 0.6) is 0 Å². The van der Waals surface area contributed by atoms with E-state index in [0.29, 0.717) is 44.3 Å². The van der Waals surface area contributed by atoms with Crippen molar-refractivity contribution in [2.75, 3.05) is 26.2 Å². The summed E-state index contributed by atoms with van der Waals surface area (Å²) in [4.78, 5) is 59.8. The minimum Gasteiger partial charge on any atom is -0.355 e. The van der Waals surface area contributed by atoms with Crippen molar-refractivity contribution in [1.82, 2.24) is 25.4 Å². The van der Waals surface area contributed by atoms with Crippen LogP contribution in [0, 0.1) is 11.7 Å². The normalized spacial score (nSPS) is 21.5. The molecule has 1 aromatic carbocycles. The number of fused-ring (bicyclic) bond motifs is 3. The summed E-state index contributed by atoms with van der Waals surface area (Å²) in [5.74, 6) is -2.25. The number of pyridine rings is 1. The van der Waals surface area contributed by atoms with Gasteiger partial charge in [0.2, 0.25) is 11.8 Å². The highest BCUT2D eigenvalue weighted by atomic mass is 19.1. The Hall–Kier alpha value is -3.82. The van der Waals surface area contributed by atoms with Gasteiger partial charge in [0.25, 0.3) is 11.8 Å². The molecular formula is C28H34FN5O4. The largest absolute Gasteiger partial charge is 0.355 e. The number of nitrogens with zero attached hydrogens (tertiary/aromatic N) is 3. The van der Waals surface area contributed by atoms with Gasteiger partial charge in [-0.15, -0.1) is 0 Å². The number of hydrogen-bond donors (Lipinski definition) is 2. The van der Waals surface area contributed by atoms with E-state index in [-0.39, 0.29) is 42.3 Å². The second-order valence-corrected chi connectivity index (χ2v) is 10.2. The van der Waals surface area contributed by atoms with Crippen LogP contribution in [0.3, 0.4) is 0 Å². The van der Waals surface area contributed by atoms with Crippen LogP contribution in [0.25, 0.3) is 0 Å². The van der Waals surface area contributed by atoms with Gasteiger partial charge in [-0.05, 0) is 61.4 Å². The van der Waals surface area contributed by atoms with Crippen molar-refractivity contribution in [3.63, 3.8) is 0 Å². The Morgan fingerprint density at radius 3 is 2.71 bits per heavy atom. The number of rotatable bonds is 2. The molecule has 4 amide bonds. The molecular weight excluding hydrogens is 489 g/mol. The zero-order valence-electron chi connectivity index (χ0n) is 21.8. The number of carbonyl (C=O) groups excluding carboxylic acids is 4. The Morgan fingerprint density at radius 1 is 1.16 bits per heavy atom. The Kier molecular flexibility index (Phi) is 8.70. The van der Waals surface area contributed by atoms with Gasteiger partial charge in [-0.2, -0.15) is 0 Å². The Bertz CT molecular complexity index is 1190. The average molecular weight is 524 g/mol. The Morgan fingerprint density at radius 2 is 1.97 bits per heavy atom. The third-order valence-electron chi connectivity index (χ3n) is 7.12. The Labute approximate surface area is 221 Å². The van der Waals surface area contributed by atoms with Crippen molar-refractivity contribution in [1.29, 1.82) is 0 Å². The molecule has 4 rings (SSSR count). The number of carbonyl (C=O) groups is 4. The van der Waals surface area contributed by atoms with E-state index >= 15 is 0 Å². The zero-order chi connectivity index (χ0) is 27.2. The van der Waals surface area contributed by atoms with Gasteiger partial charge in [0, 0.05) is 38.1 Å². The van der Waals surface area contributed by atoms with Crippen LogP contribution in [0.2, 0.25) is 0 Å². The number of benzene rings is 1. The van der Waals surface area contributed by atoms with Gasteiger partial charge in [-0.25, -0.2) is 4.39 Å². The van der Waals surface area contributed by atoms with Crippen molar-refractivity contribution in [3.05, 3.63) is 65.2 Å². The number of halogens is 1. The highest BCUT2D eigenvalue weighted by Gasteiger charge is 2.37. The molecule has 38 heavy (non-hydrogen) atoms. The summed E-state index contributed by atoms with van der Waals surface area (Å²) < 4.78 is 14.7. The average Bonchev–Trinajstić information content (AvgIpc) is 3.40. The highest BCUT2D eigenvalue weighted by Crippen LogP contribution is 2.23. The van der Waals surface area contributed by atoms with E-state index in [0.717, 1.165) is 5.56 Å². The van der Waals surface area contributed by atoms with Crippen LogP contribution in [0.1, 0.15) is 59.4 Å². The van der Waals surface area contributed by atoms with Crippen LogP contribution in [-0.4, -0.2) is 76.7 Å². The predicted octanol–water partition coefficient (Wildman–Crippen LogP) is 2.17. The first-order valence-corrected chi connectivity index (χ1v) is 13.1. The van der Waals surface area contributed by atoms with Crippen molar-refractivity contribution in [2.24, 2.45) is 5.92 Å². The molecule has 0 unspecified atom stereocenters.